The molecular formula is C17H22N4O6S2. The predicted molar refractivity (Wildman–Crippen MR) is 102 cm³/mol. The molecule has 0 aromatic carbocycles. The molecule has 0 radical (unpaired) electrons. The van der Waals surface area contributed by atoms with Crippen LogP contribution in [0.1, 0.15) is 50.3 Å². The van der Waals surface area contributed by atoms with Gasteiger partial charge < -0.3 is 9.32 Å². The largest absolute Gasteiger partial charge is 0.416 e. The second-order valence-corrected chi connectivity index (χ2v) is 10.9. The van der Waals surface area contributed by atoms with E-state index >= 15 is 0 Å². The van der Waals surface area contributed by atoms with Gasteiger partial charge >= 0.3 is 0 Å². The number of carbonyl (C=O) groups is 3. The van der Waals surface area contributed by atoms with Crippen molar-refractivity contribution in [3.8, 4) is 0 Å². The summed E-state index contributed by atoms with van der Waals surface area (Å²) in [6.07, 6.45) is 4.20. The summed E-state index contributed by atoms with van der Waals surface area (Å²) < 4.78 is 28.7. The third kappa shape index (κ3) is 4.04. The number of aromatic nitrogens is 2. The molecular weight excluding hydrogens is 420 g/mol. The van der Waals surface area contributed by atoms with Crippen LogP contribution in [-0.4, -0.2) is 70.6 Å². The molecule has 2 aliphatic heterocycles. The second-order valence-electron chi connectivity index (χ2n) is 7.74. The highest BCUT2D eigenvalue weighted by Gasteiger charge is 2.50. The van der Waals surface area contributed by atoms with E-state index in [1.165, 1.54) is 4.90 Å². The van der Waals surface area contributed by atoms with Crippen LogP contribution in [0.2, 0.25) is 0 Å². The smallest absolute Gasteiger partial charge is 0.277 e. The van der Waals surface area contributed by atoms with E-state index in [4.69, 9.17) is 4.42 Å². The van der Waals surface area contributed by atoms with Gasteiger partial charge in [-0.05, 0) is 19.3 Å². The molecule has 1 aromatic heterocycles. The van der Waals surface area contributed by atoms with Gasteiger partial charge in [0.05, 0.1) is 23.2 Å². The Kier molecular flexibility index (Phi) is 5.40. The molecule has 0 unspecified atom stereocenters. The average Bonchev–Trinajstić information content (AvgIpc) is 3.30. The molecule has 12 heteroatoms. The Balaban J connectivity index is 1.42. The lowest BCUT2D eigenvalue weighted by Crippen LogP contribution is -2.69. The van der Waals surface area contributed by atoms with Crippen molar-refractivity contribution in [3.05, 3.63) is 5.89 Å². The van der Waals surface area contributed by atoms with Crippen LogP contribution in [0.15, 0.2) is 9.64 Å². The molecule has 3 heterocycles. The van der Waals surface area contributed by atoms with E-state index < -0.39 is 27.2 Å². The summed E-state index contributed by atoms with van der Waals surface area (Å²) in [6.45, 7) is -0.139. The van der Waals surface area contributed by atoms with Crippen molar-refractivity contribution in [3.63, 3.8) is 0 Å². The van der Waals surface area contributed by atoms with E-state index in [9.17, 15) is 22.8 Å². The predicted octanol–water partition coefficient (Wildman–Crippen LogP) is 0.252. The van der Waals surface area contributed by atoms with Crippen molar-refractivity contribution in [2.24, 2.45) is 0 Å². The zero-order valence-corrected chi connectivity index (χ0v) is 17.4. The molecule has 3 aliphatic rings. The van der Waals surface area contributed by atoms with Crippen LogP contribution in [0, 0.1) is 0 Å². The first-order chi connectivity index (χ1) is 13.8. The topological polar surface area (TPSA) is 140 Å². The van der Waals surface area contributed by atoms with Gasteiger partial charge in [0.15, 0.2) is 9.84 Å². The van der Waals surface area contributed by atoms with Crippen LogP contribution < -0.4 is 5.32 Å². The van der Waals surface area contributed by atoms with Gasteiger partial charge in [-0.2, -0.15) is 0 Å². The van der Waals surface area contributed by atoms with E-state index in [1.807, 2.05) is 0 Å². The lowest BCUT2D eigenvalue weighted by Gasteiger charge is -2.47. The minimum atomic E-state index is -3.07. The van der Waals surface area contributed by atoms with Crippen molar-refractivity contribution in [1.29, 1.82) is 0 Å². The van der Waals surface area contributed by atoms with Crippen LogP contribution >= 0.6 is 11.8 Å². The summed E-state index contributed by atoms with van der Waals surface area (Å²) in [4.78, 5) is 38.7. The van der Waals surface area contributed by atoms with Crippen LogP contribution in [0.3, 0.4) is 0 Å². The van der Waals surface area contributed by atoms with Crippen LogP contribution in [0.5, 0.6) is 0 Å². The number of carbonyl (C=O) groups excluding carboxylic acids is 3. The van der Waals surface area contributed by atoms with Crippen molar-refractivity contribution >= 4 is 39.3 Å². The monoisotopic (exact) mass is 442 g/mol. The Morgan fingerprint density at radius 3 is 2.69 bits per heavy atom. The highest BCUT2D eigenvalue weighted by atomic mass is 32.2. The molecule has 29 heavy (non-hydrogen) atoms. The first kappa shape index (κ1) is 20.3. The standard InChI is InChI=1S/C17H22N4O6S2/c22-12-8-21(17(15(24)18-12)5-2-1-3-6-17)13(23)9-28-16-20-19-14(27-16)11-4-7-29(25,26)10-11/h11H,1-10H2,(H,18,22,24)/t11-/m0/s1. The SMILES string of the molecule is O=C1CN(C(=O)CSc2nnc([C@H]3CCS(=O)(=O)C3)o2)C2(CCCCC2)C(=O)N1. The molecule has 1 aliphatic carbocycles. The van der Waals surface area contributed by atoms with E-state index in [0.717, 1.165) is 31.0 Å². The number of sulfone groups is 1. The maximum atomic E-state index is 12.9. The molecule has 3 fully saturated rings. The molecule has 1 atom stereocenters. The summed E-state index contributed by atoms with van der Waals surface area (Å²) >= 11 is 1.03. The minimum Gasteiger partial charge on any atom is -0.416 e. The van der Waals surface area contributed by atoms with Crippen molar-refractivity contribution < 1.29 is 27.2 Å². The molecule has 0 bridgehead atoms. The van der Waals surface area contributed by atoms with Gasteiger partial charge in [0.2, 0.25) is 17.7 Å². The van der Waals surface area contributed by atoms with Gasteiger partial charge in [0, 0.05) is 0 Å². The first-order valence-electron chi connectivity index (χ1n) is 9.60. The molecule has 1 spiro atoms. The number of thioether (sulfide) groups is 1. The molecule has 3 amide bonds. The minimum absolute atomic E-state index is 0.00818. The van der Waals surface area contributed by atoms with E-state index in [2.05, 4.69) is 15.5 Å². The lowest BCUT2D eigenvalue weighted by molar-refractivity contribution is -0.158. The molecule has 158 valence electrons. The van der Waals surface area contributed by atoms with Crippen molar-refractivity contribution in [2.45, 2.75) is 55.2 Å². The highest BCUT2D eigenvalue weighted by Crippen LogP contribution is 2.36. The Morgan fingerprint density at radius 1 is 1.24 bits per heavy atom. The summed E-state index contributed by atoms with van der Waals surface area (Å²) in [5.74, 6) is -1.21. The zero-order chi connectivity index (χ0) is 20.6. The molecule has 2 saturated heterocycles. The fourth-order valence-corrected chi connectivity index (χ4v) is 6.67. The number of amides is 3. The second kappa shape index (κ2) is 7.71. The lowest BCUT2D eigenvalue weighted by atomic mass is 9.78. The number of nitrogens with zero attached hydrogens (tertiary/aromatic N) is 3. The Morgan fingerprint density at radius 2 is 2.00 bits per heavy atom. The molecule has 1 aromatic rings. The van der Waals surface area contributed by atoms with Gasteiger partial charge in [-0.1, -0.05) is 31.0 Å². The van der Waals surface area contributed by atoms with Gasteiger partial charge in [-0.15, -0.1) is 10.2 Å². The zero-order valence-electron chi connectivity index (χ0n) is 15.8. The maximum Gasteiger partial charge on any atom is 0.277 e. The molecule has 4 rings (SSSR count). The number of rotatable bonds is 4. The third-order valence-corrected chi connectivity index (χ3v) is 8.37. The van der Waals surface area contributed by atoms with Crippen molar-refractivity contribution in [2.75, 3.05) is 23.8 Å². The number of hydrogen-bond donors (Lipinski definition) is 1. The third-order valence-electron chi connectivity index (χ3n) is 5.80. The Hall–Kier alpha value is -1.95. The fraction of sp³-hybridized carbons (Fsp3) is 0.706. The van der Waals surface area contributed by atoms with Crippen LogP contribution in [0.25, 0.3) is 0 Å². The summed E-state index contributed by atoms with van der Waals surface area (Å²) in [6, 6.07) is 0. The Bertz CT molecular complexity index is 937. The van der Waals surface area contributed by atoms with Crippen molar-refractivity contribution in [1.82, 2.24) is 20.4 Å². The number of imide groups is 1. The molecule has 1 saturated carbocycles. The summed E-state index contributed by atoms with van der Waals surface area (Å²) in [5.41, 5.74) is -0.956. The summed E-state index contributed by atoms with van der Waals surface area (Å²) in [5, 5.41) is 10.4. The van der Waals surface area contributed by atoms with Crippen LogP contribution in [-0.2, 0) is 24.2 Å². The quantitative estimate of drug-likeness (QED) is 0.513. The fourth-order valence-electron chi connectivity index (χ4n) is 4.30. The van der Waals surface area contributed by atoms with Gasteiger partial charge in [-0.3, -0.25) is 19.7 Å². The van der Waals surface area contributed by atoms with Gasteiger partial charge in [0.1, 0.15) is 12.1 Å². The van der Waals surface area contributed by atoms with Gasteiger partial charge in [0.25, 0.3) is 11.1 Å². The summed E-state index contributed by atoms with van der Waals surface area (Å²) in [7, 11) is -3.07. The van der Waals surface area contributed by atoms with E-state index in [0.29, 0.717) is 19.3 Å². The average molecular weight is 443 g/mol. The normalized spacial score (nSPS) is 25.9. The number of hydrogen-bond acceptors (Lipinski definition) is 9. The molecule has 10 nitrogen and oxygen atoms in total. The maximum absolute atomic E-state index is 12.9. The van der Waals surface area contributed by atoms with E-state index in [1.54, 1.807) is 0 Å². The Labute approximate surface area is 172 Å². The number of piperazine rings is 1. The van der Waals surface area contributed by atoms with Crippen LogP contribution in [0.4, 0.5) is 0 Å². The van der Waals surface area contributed by atoms with E-state index in [-0.39, 0.29) is 46.7 Å². The van der Waals surface area contributed by atoms with Gasteiger partial charge in [-0.25, -0.2) is 8.42 Å². The highest BCUT2D eigenvalue weighted by molar-refractivity contribution is 7.99. The number of nitrogens with one attached hydrogen (secondary N) is 1. The first-order valence-corrected chi connectivity index (χ1v) is 12.4. The molecule has 1 N–H and O–H groups in total.